The number of aromatic hydroxyl groups is 1. The number of amides is 1. The maximum Gasteiger partial charge on any atom is 0.296 e. The molecule has 0 aliphatic carbocycles. The Morgan fingerprint density at radius 3 is 1.74 bits per heavy atom. The van der Waals surface area contributed by atoms with Crippen LogP contribution in [0.2, 0.25) is 0 Å². The second kappa shape index (κ2) is 13.9. The van der Waals surface area contributed by atoms with Crippen molar-refractivity contribution in [3.8, 4) is 5.75 Å². The van der Waals surface area contributed by atoms with E-state index in [1.807, 2.05) is 0 Å². The molecule has 20 heteroatoms. The predicted molar refractivity (Wildman–Crippen MR) is 137 cm³/mol. The topological polar surface area (TPSA) is 237 Å². The third-order valence-electron chi connectivity index (χ3n) is 4.39. The number of phenols is 1. The molecule has 5 N–H and O–H groups in total. The number of rotatable bonds is 6. The van der Waals surface area contributed by atoms with Crippen LogP contribution in [-0.4, -0.2) is 139 Å². The van der Waals surface area contributed by atoms with Gasteiger partial charge in [-0.15, -0.1) is 5.11 Å². The van der Waals surface area contributed by atoms with E-state index in [0.29, 0.717) is 23.9 Å². The maximum absolute atomic E-state index is 11.9. The summed E-state index contributed by atoms with van der Waals surface area (Å²) in [4.78, 5) is 7.76. The third-order valence-corrected chi connectivity index (χ3v) is 6.97. The van der Waals surface area contributed by atoms with Crippen LogP contribution in [0.4, 0.5) is 17.1 Å². The molecule has 0 aliphatic rings. The van der Waals surface area contributed by atoms with Crippen LogP contribution in [0.1, 0.15) is 6.92 Å². The first kappa shape index (κ1) is 37.5. The molecule has 3 aromatic carbocycles. The summed E-state index contributed by atoms with van der Waals surface area (Å²) in [7, 11) is -15.4. The number of phenolic OH excluding ortho intramolecular Hbond substituents is 1. The average Bonchev–Trinajstić information content (AvgIpc) is 2.70. The van der Waals surface area contributed by atoms with E-state index in [9.17, 15) is 48.8 Å². The van der Waals surface area contributed by atoms with Gasteiger partial charge in [-0.05, 0) is 47.9 Å². The number of benzene rings is 3. The molecule has 1 amide bonds. The van der Waals surface area contributed by atoms with Crippen molar-refractivity contribution in [2.75, 3.05) is 5.32 Å². The Hall–Kier alpha value is -0.480. The molecule has 14 nitrogen and oxygen atoms in total. The number of hydrogen-bond acceptors (Lipinski definition) is 10. The molecule has 0 unspecified atom stereocenters. The van der Waals surface area contributed by atoms with E-state index < -0.39 is 67.3 Å². The zero-order chi connectivity index (χ0) is 26.3. The fraction of sp³-hybridized carbons (Fsp3) is 0.0556. The summed E-state index contributed by atoms with van der Waals surface area (Å²) in [6.45, 7) is 1.28. The molecule has 0 fully saturated rings. The number of carbonyl (C=O) groups is 1. The van der Waals surface area contributed by atoms with Gasteiger partial charge in [-0.2, -0.15) is 30.4 Å². The fourth-order valence-electron chi connectivity index (χ4n) is 2.99. The van der Waals surface area contributed by atoms with E-state index in [1.165, 1.54) is 31.2 Å². The van der Waals surface area contributed by atoms with E-state index in [-0.39, 0.29) is 100 Å². The monoisotopic (exact) mass is 614 g/mol. The molecule has 0 saturated heterocycles. The second-order valence-electron chi connectivity index (χ2n) is 6.94. The standard InChI is InChI=1S/C18H15N3O11S3.3Na/c1-9(22)19-11-2-4-12(5-3-11)20-21-17-15(35(30,31)32)7-10-6-13(33(24,25)26)8-14(34(27,28)29)16(10)18(17)23;;;/h2-8,23H,1H3,(H,19,22)(H,24,25,26)(H,27,28,29)(H,30,31,32);;;. The summed E-state index contributed by atoms with van der Waals surface area (Å²) in [6, 6.07) is 7.06. The summed E-state index contributed by atoms with van der Waals surface area (Å²) >= 11 is 0. The van der Waals surface area contributed by atoms with Crippen molar-refractivity contribution < 1.29 is 48.8 Å². The van der Waals surface area contributed by atoms with Crippen LogP contribution in [-0.2, 0) is 35.1 Å². The molecule has 3 rings (SSSR count). The van der Waals surface area contributed by atoms with Crippen LogP contribution in [0.15, 0.2) is 67.4 Å². The molecule has 0 aliphatic heterocycles. The fourth-order valence-corrected chi connectivity index (χ4v) is 5.01. The van der Waals surface area contributed by atoms with Gasteiger partial charge in [0.05, 0.1) is 10.6 Å². The summed E-state index contributed by atoms with van der Waals surface area (Å²) in [5.74, 6) is -1.53. The van der Waals surface area contributed by atoms with Gasteiger partial charge in [-0.3, -0.25) is 18.5 Å². The van der Waals surface area contributed by atoms with Gasteiger partial charge in [-0.1, -0.05) is 0 Å². The van der Waals surface area contributed by atoms with Crippen molar-refractivity contribution in [1.82, 2.24) is 0 Å². The van der Waals surface area contributed by atoms with Crippen molar-refractivity contribution in [3.05, 3.63) is 42.5 Å². The number of fused-ring (bicyclic) bond motifs is 1. The van der Waals surface area contributed by atoms with Gasteiger partial charge < -0.3 is 10.4 Å². The van der Waals surface area contributed by atoms with Gasteiger partial charge in [0.25, 0.3) is 30.4 Å². The van der Waals surface area contributed by atoms with Crippen molar-refractivity contribution in [2.24, 2.45) is 10.2 Å². The molecule has 189 valence electrons. The smallest absolute Gasteiger partial charge is 0.296 e. The van der Waals surface area contributed by atoms with Crippen molar-refractivity contribution >= 4 is 153 Å². The van der Waals surface area contributed by atoms with Gasteiger partial charge >= 0.3 is 0 Å². The first-order valence-corrected chi connectivity index (χ1v) is 13.4. The Morgan fingerprint density at radius 1 is 0.763 bits per heavy atom. The van der Waals surface area contributed by atoms with Gasteiger partial charge in [0, 0.05) is 107 Å². The van der Waals surface area contributed by atoms with Crippen molar-refractivity contribution in [3.63, 3.8) is 0 Å². The van der Waals surface area contributed by atoms with E-state index in [1.54, 1.807) is 0 Å². The largest absolute Gasteiger partial charge is 0.505 e. The summed E-state index contributed by atoms with van der Waals surface area (Å²) in [5.41, 5.74) is -0.455. The van der Waals surface area contributed by atoms with Gasteiger partial charge in [0.2, 0.25) is 5.91 Å². The van der Waals surface area contributed by atoms with Crippen LogP contribution in [0.5, 0.6) is 5.75 Å². The molecular formula is C18H15N3Na3O11S3. The number of hydrogen-bond donors (Lipinski definition) is 5. The first-order chi connectivity index (χ1) is 16.0. The molecule has 0 aromatic heterocycles. The average molecular weight is 614 g/mol. The van der Waals surface area contributed by atoms with Crippen LogP contribution in [0.25, 0.3) is 10.8 Å². The van der Waals surface area contributed by atoms with E-state index >= 15 is 0 Å². The van der Waals surface area contributed by atoms with Crippen molar-refractivity contribution in [1.29, 1.82) is 0 Å². The van der Waals surface area contributed by atoms with Crippen LogP contribution in [0, 0.1) is 0 Å². The summed E-state index contributed by atoms with van der Waals surface area (Å²) < 4.78 is 99.1. The maximum atomic E-state index is 11.9. The van der Waals surface area contributed by atoms with Gasteiger partial charge in [0.15, 0.2) is 5.75 Å². The molecule has 3 aromatic rings. The second-order valence-corrected chi connectivity index (χ2v) is 11.1. The van der Waals surface area contributed by atoms with Crippen LogP contribution >= 0.6 is 0 Å². The molecule has 38 heavy (non-hydrogen) atoms. The number of nitrogens with zero attached hydrogens (tertiary/aromatic N) is 2. The molecule has 3 radical (unpaired) electrons. The number of carbonyl (C=O) groups excluding carboxylic acids is 1. The van der Waals surface area contributed by atoms with Gasteiger partial charge in [-0.25, -0.2) is 0 Å². The van der Waals surface area contributed by atoms with Crippen LogP contribution < -0.4 is 5.32 Å². The van der Waals surface area contributed by atoms with E-state index in [4.69, 9.17) is 0 Å². The van der Waals surface area contributed by atoms with Crippen LogP contribution in [0.3, 0.4) is 0 Å². The van der Waals surface area contributed by atoms with Crippen molar-refractivity contribution in [2.45, 2.75) is 21.6 Å². The summed E-state index contributed by atoms with van der Waals surface area (Å²) in [5, 5.41) is 19.1. The normalized spacial score (nSPS) is 11.8. The minimum atomic E-state index is -5.24. The Kier molecular flexibility index (Phi) is 13.8. The molecule has 0 atom stereocenters. The Balaban J connectivity index is 0.00000456. The number of azo groups is 1. The van der Waals surface area contributed by atoms with Gasteiger partial charge in [0.1, 0.15) is 15.5 Å². The Bertz CT molecular complexity index is 1730. The Labute approximate surface area is 283 Å². The molecule has 0 bridgehead atoms. The minimum Gasteiger partial charge on any atom is -0.505 e. The predicted octanol–water partition coefficient (Wildman–Crippen LogP) is 1.52. The summed E-state index contributed by atoms with van der Waals surface area (Å²) in [6.07, 6.45) is 0. The zero-order valence-corrected chi connectivity index (χ0v) is 28.8. The molecular weight excluding hydrogens is 599 g/mol. The zero-order valence-electron chi connectivity index (χ0n) is 20.3. The molecule has 0 heterocycles. The first-order valence-electron chi connectivity index (χ1n) is 9.04. The number of nitrogens with one attached hydrogen (secondary N) is 1. The SMILES string of the molecule is CC(=O)Nc1ccc(N=Nc2c(S(=O)(=O)O)cc3cc(S(=O)(=O)O)cc(S(=O)(=O)O)c3c2O)cc1.[Na].[Na].[Na]. The number of anilines is 1. The Morgan fingerprint density at radius 2 is 1.29 bits per heavy atom. The minimum absolute atomic E-state index is 0. The third kappa shape index (κ3) is 9.02. The van der Waals surface area contributed by atoms with E-state index in [2.05, 4.69) is 15.5 Å². The van der Waals surface area contributed by atoms with E-state index in [0.717, 1.165) is 0 Å². The molecule has 0 saturated carbocycles. The molecule has 0 spiro atoms. The quantitative estimate of drug-likeness (QED) is 0.152.